The van der Waals surface area contributed by atoms with E-state index >= 15 is 0 Å². The zero-order valence-corrected chi connectivity index (χ0v) is 9.91. The van der Waals surface area contributed by atoms with Gasteiger partial charge in [-0.15, -0.1) is 0 Å². The first-order valence-electron chi connectivity index (χ1n) is 6.79. The van der Waals surface area contributed by atoms with Crippen LogP contribution in [0, 0.1) is 23.2 Å². The predicted molar refractivity (Wildman–Crippen MR) is 61.5 cm³/mol. The molecule has 0 aromatic carbocycles. The van der Waals surface area contributed by atoms with E-state index < -0.39 is 0 Å². The van der Waals surface area contributed by atoms with E-state index in [1.54, 1.807) is 0 Å². The molecule has 4 aliphatic rings. The SMILES string of the molecule is O=[C]OCCCC12CC3CC(CC(C3)C1)C2. The van der Waals surface area contributed by atoms with Crippen molar-refractivity contribution in [3.63, 3.8) is 0 Å². The Hall–Kier alpha value is -0.530. The Morgan fingerprint density at radius 3 is 2.12 bits per heavy atom. The van der Waals surface area contributed by atoms with Gasteiger partial charge in [0.1, 0.15) is 0 Å². The molecule has 89 valence electrons. The van der Waals surface area contributed by atoms with Crippen molar-refractivity contribution in [2.24, 2.45) is 23.2 Å². The summed E-state index contributed by atoms with van der Waals surface area (Å²) in [7, 11) is 0. The van der Waals surface area contributed by atoms with E-state index in [4.69, 9.17) is 4.74 Å². The van der Waals surface area contributed by atoms with E-state index in [1.165, 1.54) is 51.4 Å². The van der Waals surface area contributed by atoms with E-state index in [0.717, 1.165) is 24.2 Å². The molecular weight excluding hydrogens is 200 g/mol. The van der Waals surface area contributed by atoms with Gasteiger partial charge in [-0.3, -0.25) is 0 Å². The second-order valence-corrected chi connectivity index (χ2v) is 6.45. The molecule has 4 fully saturated rings. The van der Waals surface area contributed by atoms with Gasteiger partial charge in [0, 0.05) is 0 Å². The van der Waals surface area contributed by atoms with Gasteiger partial charge >= 0.3 is 6.47 Å². The Morgan fingerprint density at radius 1 is 1.06 bits per heavy atom. The smallest absolute Gasteiger partial charge is 0.417 e. The summed E-state index contributed by atoms with van der Waals surface area (Å²) in [6.07, 6.45) is 11.2. The Balaban J connectivity index is 1.58. The molecule has 16 heavy (non-hydrogen) atoms. The lowest BCUT2D eigenvalue weighted by atomic mass is 9.48. The third-order valence-electron chi connectivity index (χ3n) is 5.18. The van der Waals surface area contributed by atoms with Crippen LogP contribution in [0.2, 0.25) is 0 Å². The first kappa shape index (κ1) is 10.6. The molecule has 0 aromatic rings. The van der Waals surface area contributed by atoms with Crippen LogP contribution < -0.4 is 0 Å². The lowest BCUT2D eigenvalue weighted by Gasteiger charge is -2.57. The fraction of sp³-hybridized carbons (Fsp3) is 0.929. The summed E-state index contributed by atoms with van der Waals surface area (Å²) >= 11 is 0. The minimum Gasteiger partial charge on any atom is -0.457 e. The van der Waals surface area contributed by atoms with Crippen molar-refractivity contribution in [3.05, 3.63) is 0 Å². The highest BCUT2D eigenvalue weighted by molar-refractivity contribution is 5.38. The van der Waals surface area contributed by atoms with Crippen LogP contribution in [-0.4, -0.2) is 13.1 Å². The van der Waals surface area contributed by atoms with Crippen molar-refractivity contribution in [2.75, 3.05) is 6.61 Å². The van der Waals surface area contributed by atoms with Crippen LogP contribution >= 0.6 is 0 Å². The Morgan fingerprint density at radius 2 is 1.62 bits per heavy atom. The van der Waals surface area contributed by atoms with Crippen LogP contribution in [0.4, 0.5) is 0 Å². The summed E-state index contributed by atoms with van der Waals surface area (Å²) in [4.78, 5) is 9.98. The quantitative estimate of drug-likeness (QED) is 0.667. The molecule has 4 bridgehead atoms. The van der Waals surface area contributed by atoms with Crippen LogP contribution in [0.3, 0.4) is 0 Å². The molecule has 0 atom stereocenters. The minimum atomic E-state index is 0.575. The third-order valence-corrected chi connectivity index (χ3v) is 5.18. The van der Waals surface area contributed by atoms with E-state index in [0.29, 0.717) is 12.0 Å². The van der Waals surface area contributed by atoms with E-state index in [2.05, 4.69) is 0 Å². The van der Waals surface area contributed by atoms with Gasteiger partial charge < -0.3 is 4.74 Å². The highest BCUT2D eigenvalue weighted by atomic mass is 16.5. The first-order chi connectivity index (χ1) is 7.80. The summed E-state index contributed by atoms with van der Waals surface area (Å²) < 4.78 is 4.69. The van der Waals surface area contributed by atoms with Crippen LogP contribution in [0.5, 0.6) is 0 Å². The topological polar surface area (TPSA) is 26.3 Å². The van der Waals surface area contributed by atoms with Gasteiger partial charge in [-0.2, -0.15) is 0 Å². The molecule has 0 unspecified atom stereocenters. The van der Waals surface area contributed by atoms with Crippen molar-refractivity contribution in [1.82, 2.24) is 0 Å². The van der Waals surface area contributed by atoms with Gasteiger partial charge in [0.15, 0.2) is 0 Å². The van der Waals surface area contributed by atoms with Gasteiger partial charge in [0.05, 0.1) is 6.61 Å². The first-order valence-corrected chi connectivity index (χ1v) is 6.79. The standard InChI is InChI=1S/C14H21O2/c15-10-16-3-1-2-14-7-11-4-12(8-14)6-13(5-11)9-14/h11-13H,1-9H2. The monoisotopic (exact) mass is 221 g/mol. The minimum absolute atomic E-state index is 0.575. The second-order valence-electron chi connectivity index (χ2n) is 6.45. The Kier molecular flexibility index (Phi) is 2.68. The zero-order valence-electron chi connectivity index (χ0n) is 9.91. The second kappa shape index (κ2) is 4.05. The zero-order chi connectivity index (χ0) is 11.0. The summed E-state index contributed by atoms with van der Waals surface area (Å²) in [5.74, 6) is 3.10. The maximum Gasteiger partial charge on any atom is 0.417 e. The highest BCUT2D eigenvalue weighted by Crippen LogP contribution is 2.61. The Labute approximate surface area is 97.7 Å². The van der Waals surface area contributed by atoms with Gasteiger partial charge in [0.2, 0.25) is 0 Å². The average Bonchev–Trinajstić information content (AvgIpc) is 2.22. The molecule has 0 aliphatic heterocycles. The molecule has 4 saturated carbocycles. The van der Waals surface area contributed by atoms with Crippen LogP contribution in [0.1, 0.15) is 51.4 Å². The van der Waals surface area contributed by atoms with E-state index in [9.17, 15) is 4.79 Å². The maximum absolute atomic E-state index is 9.98. The van der Waals surface area contributed by atoms with Gasteiger partial charge in [-0.25, -0.2) is 4.79 Å². The van der Waals surface area contributed by atoms with Crippen LogP contribution in [-0.2, 0) is 9.53 Å². The molecule has 2 nitrogen and oxygen atoms in total. The molecule has 0 N–H and O–H groups in total. The van der Waals surface area contributed by atoms with Crippen LogP contribution in [0.25, 0.3) is 0 Å². The molecular formula is C14H21O2. The molecule has 0 spiro atoms. The van der Waals surface area contributed by atoms with Crippen molar-refractivity contribution < 1.29 is 9.53 Å². The predicted octanol–water partition coefficient (Wildman–Crippen LogP) is 3.07. The van der Waals surface area contributed by atoms with Gasteiger partial charge in [0.25, 0.3) is 0 Å². The summed E-state index contributed by atoms with van der Waals surface area (Å²) in [6, 6.07) is 0. The molecule has 1 radical (unpaired) electrons. The molecule has 0 amide bonds. The van der Waals surface area contributed by atoms with Crippen molar-refractivity contribution in [1.29, 1.82) is 0 Å². The fourth-order valence-corrected chi connectivity index (χ4v) is 5.16. The number of hydrogen-bond donors (Lipinski definition) is 0. The number of rotatable bonds is 5. The average molecular weight is 221 g/mol. The number of carbonyl (C=O) groups excluding carboxylic acids is 1. The van der Waals surface area contributed by atoms with Crippen LogP contribution in [0.15, 0.2) is 0 Å². The van der Waals surface area contributed by atoms with Crippen molar-refractivity contribution in [2.45, 2.75) is 51.4 Å². The molecule has 4 rings (SSSR count). The molecule has 0 aromatic heterocycles. The molecule has 0 heterocycles. The third kappa shape index (κ3) is 1.87. The summed E-state index contributed by atoms with van der Waals surface area (Å²) in [5, 5.41) is 0. The van der Waals surface area contributed by atoms with E-state index in [-0.39, 0.29) is 0 Å². The van der Waals surface area contributed by atoms with E-state index in [1.807, 2.05) is 0 Å². The largest absolute Gasteiger partial charge is 0.457 e. The summed E-state index contributed by atoms with van der Waals surface area (Å²) in [5.41, 5.74) is 0.640. The number of ether oxygens (including phenoxy) is 1. The highest BCUT2D eigenvalue weighted by Gasteiger charge is 2.50. The normalized spacial score (nSPS) is 44.6. The summed E-state index contributed by atoms with van der Waals surface area (Å²) in [6.45, 7) is 2.10. The number of hydrogen-bond acceptors (Lipinski definition) is 2. The molecule has 4 aliphatic carbocycles. The lowest BCUT2D eigenvalue weighted by Crippen LogP contribution is -2.46. The van der Waals surface area contributed by atoms with Crippen molar-refractivity contribution in [3.8, 4) is 0 Å². The Bertz CT molecular complexity index is 237. The van der Waals surface area contributed by atoms with Crippen molar-refractivity contribution >= 4 is 6.47 Å². The fourth-order valence-electron chi connectivity index (χ4n) is 5.16. The molecule has 2 heteroatoms. The maximum atomic E-state index is 9.98. The van der Waals surface area contributed by atoms with Gasteiger partial charge in [-0.1, -0.05) is 0 Å². The molecule has 0 saturated heterocycles. The van der Waals surface area contributed by atoms with Gasteiger partial charge in [-0.05, 0) is 74.5 Å². The lowest BCUT2D eigenvalue weighted by molar-refractivity contribution is -0.0594.